The highest BCUT2D eigenvalue weighted by Gasteiger charge is 2.46. The van der Waals surface area contributed by atoms with E-state index in [-0.39, 0.29) is 17.8 Å². The maximum absolute atomic E-state index is 13.1. The molecule has 102 valence electrons. The quantitative estimate of drug-likeness (QED) is 0.911. The number of rotatable bonds is 2. The fourth-order valence-corrected chi connectivity index (χ4v) is 2.86. The number of nitrogens with one attached hydrogen (secondary N) is 1. The number of hydrogen-bond donors (Lipinski definition) is 1. The molecule has 1 aromatic heterocycles. The number of halogens is 1. The number of aromatic nitrogens is 1. The number of nitrogens with zero attached hydrogens (tertiary/aromatic N) is 1. The van der Waals surface area contributed by atoms with Gasteiger partial charge in [0, 0.05) is 17.5 Å². The molecular weight excluding hydrogens is 255 g/mol. The van der Waals surface area contributed by atoms with Crippen molar-refractivity contribution in [3.8, 4) is 0 Å². The minimum absolute atomic E-state index is 0.00696. The summed E-state index contributed by atoms with van der Waals surface area (Å²) in [6.45, 7) is 1.99. The van der Waals surface area contributed by atoms with Crippen molar-refractivity contribution in [2.24, 2.45) is 0 Å². The molecule has 2 unspecified atom stereocenters. The summed E-state index contributed by atoms with van der Waals surface area (Å²) in [7, 11) is 0. The summed E-state index contributed by atoms with van der Waals surface area (Å²) >= 11 is 0. The number of carbonyl (C=O) groups is 1. The summed E-state index contributed by atoms with van der Waals surface area (Å²) in [5.74, 6) is -0.377. The van der Waals surface area contributed by atoms with Gasteiger partial charge in [-0.3, -0.25) is 9.78 Å². The number of benzene rings is 1. The van der Waals surface area contributed by atoms with Crippen molar-refractivity contribution in [1.82, 2.24) is 10.3 Å². The van der Waals surface area contributed by atoms with Gasteiger partial charge < -0.3 is 5.32 Å². The molecule has 3 rings (SSSR count). The largest absolute Gasteiger partial charge is 0.348 e. The molecule has 1 fully saturated rings. The normalized spacial score (nSPS) is 25.5. The maximum atomic E-state index is 13.1. The van der Waals surface area contributed by atoms with Crippen molar-refractivity contribution in [2.45, 2.75) is 24.8 Å². The molecule has 2 aromatic rings. The monoisotopic (exact) mass is 270 g/mol. The molecule has 3 nitrogen and oxygen atoms in total. The van der Waals surface area contributed by atoms with E-state index in [1.807, 2.05) is 37.3 Å². The Bertz CT molecular complexity index is 627. The smallest absolute Gasteiger partial charge is 0.221 e. The lowest BCUT2D eigenvalue weighted by atomic mass is 9.76. The highest BCUT2D eigenvalue weighted by molar-refractivity contribution is 5.81. The first kappa shape index (κ1) is 12.8. The van der Waals surface area contributed by atoms with Crippen molar-refractivity contribution < 1.29 is 9.18 Å². The zero-order chi connectivity index (χ0) is 14.2. The average molecular weight is 270 g/mol. The predicted molar refractivity (Wildman–Crippen MR) is 73.5 cm³/mol. The average Bonchev–Trinajstić information content (AvgIpc) is 2.77. The van der Waals surface area contributed by atoms with Gasteiger partial charge >= 0.3 is 0 Å². The van der Waals surface area contributed by atoms with E-state index in [1.165, 1.54) is 12.3 Å². The van der Waals surface area contributed by atoms with Crippen LogP contribution in [0.4, 0.5) is 4.39 Å². The molecule has 0 aliphatic carbocycles. The van der Waals surface area contributed by atoms with Crippen LogP contribution in [0.3, 0.4) is 0 Å². The van der Waals surface area contributed by atoms with Gasteiger partial charge in [-0.1, -0.05) is 37.3 Å². The highest BCUT2D eigenvalue weighted by Crippen LogP contribution is 2.43. The molecule has 0 spiro atoms. The number of amides is 1. The topological polar surface area (TPSA) is 42.0 Å². The second-order valence-corrected chi connectivity index (χ2v) is 5.37. The van der Waals surface area contributed by atoms with Crippen LogP contribution < -0.4 is 5.32 Å². The predicted octanol–water partition coefficient (Wildman–Crippen LogP) is 2.74. The van der Waals surface area contributed by atoms with Gasteiger partial charge in [0.15, 0.2) is 0 Å². The van der Waals surface area contributed by atoms with Crippen molar-refractivity contribution in [1.29, 1.82) is 0 Å². The van der Waals surface area contributed by atoms with Gasteiger partial charge in [0.2, 0.25) is 5.91 Å². The Labute approximate surface area is 116 Å². The number of carbonyl (C=O) groups excluding carboxylic acids is 1. The lowest BCUT2D eigenvalue weighted by Gasteiger charge is -2.30. The molecular formula is C16H15FN2O. The van der Waals surface area contributed by atoms with Crippen LogP contribution in [0.2, 0.25) is 0 Å². The van der Waals surface area contributed by atoms with Crippen molar-refractivity contribution in [2.75, 3.05) is 0 Å². The minimum atomic E-state index is -0.466. The lowest BCUT2D eigenvalue weighted by Crippen LogP contribution is -2.31. The molecule has 1 aliphatic heterocycles. The summed E-state index contributed by atoms with van der Waals surface area (Å²) in [5, 5.41) is 3.00. The molecule has 1 aliphatic rings. The molecule has 0 bridgehead atoms. The summed E-state index contributed by atoms with van der Waals surface area (Å²) in [6, 6.07) is 12.7. The maximum Gasteiger partial charge on any atom is 0.221 e. The van der Waals surface area contributed by atoms with E-state index in [4.69, 9.17) is 0 Å². The Morgan fingerprint density at radius 3 is 2.65 bits per heavy atom. The number of pyridine rings is 1. The van der Waals surface area contributed by atoms with Crippen molar-refractivity contribution in [3.63, 3.8) is 0 Å². The molecule has 0 radical (unpaired) electrons. The van der Waals surface area contributed by atoms with Crippen molar-refractivity contribution >= 4 is 5.91 Å². The first-order valence-corrected chi connectivity index (χ1v) is 6.56. The van der Waals surface area contributed by atoms with Gasteiger partial charge in [-0.25, -0.2) is 4.39 Å². The highest BCUT2D eigenvalue weighted by atomic mass is 19.1. The van der Waals surface area contributed by atoms with E-state index in [0.717, 1.165) is 11.3 Å². The SMILES string of the molecule is CC1(c2ccc(F)cn2)CC(=O)NC1c1ccccc1. The Morgan fingerprint density at radius 1 is 1.25 bits per heavy atom. The van der Waals surface area contributed by atoms with Gasteiger partial charge in [0.05, 0.1) is 12.2 Å². The van der Waals surface area contributed by atoms with Gasteiger partial charge in [-0.05, 0) is 17.7 Å². The van der Waals surface area contributed by atoms with Crippen LogP contribution >= 0.6 is 0 Å². The van der Waals surface area contributed by atoms with Gasteiger partial charge in [-0.15, -0.1) is 0 Å². The van der Waals surface area contributed by atoms with Crippen LogP contribution in [0, 0.1) is 5.82 Å². The van der Waals surface area contributed by atoms with Gasteiger partial charge in [-0.2, -0.15) is 0 Å². The van der Waals surface area contributed by atoms with E-state index >= 15 is 0 Å². The Balaban J connectivity index is 2.05. The first-order valence-electron chi connectivity index (χ1n) is 6.56. The molecule has 0 saturated carbocycles. The van der Waals surface area contributed by atoms with Gasteiger partial charge in [0.25, 0.3) is 0 Å². The van der Waals surface area contributed by atoms with E-state index in [0.29, 0.717) is 6.42 Å². The Hall–Kier alpha value is -2.23. The summed E-state index contributed by atoms with van der Waals surface area (Å²) in [4.78, 5) is 16.0. The van der Waals surface area contributed by atoms with Crippen LogP contribution in [0.1, 0.15) is 30.6 Å². The fraction of sp³-hybridized carbons (Fsp3) is 0.250. The zero-order valence-electron chi connectivity index (χ0n) is 11.1. The van der Waals surface area contributed by atoms with Gasteiger partial charge in [0.1, 0.15) is 5.82 Å². The van der Waals surface area contributed by atoms with E-state index in [2.05, 4.69) is 10.3 Å². The lowest BCUT2D eigenvalue weighted by molar-refractivity contribution is -0.119. The summed E-state index contributed by atoms with van der Waals surface area (Å²) in [6.07, 6.45) is 1.55. The molecule has 4 heteroatoms. The Morgan fingerprint density at radius 2 is 2.00 bits per heavy atom. The third-order valence-corrected chi connectivity index (χ3v) is 3.92. The third-order valence-electron chi connectivity index (χ3n) is 3.92. The fourth-order valence-electron chi connectivity index (χ4n) is 2.86. The summed E-state index contributed by atoms with van der Waals surface area (Å²) in [5.41, 5.74) is 1.30. The van der Waals surface area contributed by atoms with Crippen LogP contribution in [0.15, 0.2) is 48.7 Å². The van der Waals surface area contributed by atoms with E-state index in [1.54, 1.807) is 6.07 Å². The second-order valence-electron chi connectivity index (χ2n) is 5.37. The molecule has 20 heavy (non-hydrogen) atoms. The van der Waals surface area contributed by atoms with Crippen LogP contribution in [0.25, 0.3) is 0 Å². The standard InChI is InChI=1S/C16H15FN2O/c1-16(13-8-7-12(17)10-18-13)9-14(20)19-15(16)11-5-3-2-4-6-11/h2-8,10,15H,9H2,1H3,(H,19,20). The van der Waals surface area contributed by atoms with Crippen LogP contribution in [0.5, 0.6) is 0 Å². The molecule has 1 amide bonds. The number of hydrogen-bond acceptors (Lipinski definition) is 2. The second kappa shape index (κ2) is 4.71. The molecule has 2 heterocycles. The minimum Gasteiger partial charge on any atom is -0.348 e. The van der Waals surface area contributed by atoms with Crippen molar-refractivity contribution in [3.05, 3.63) is 65.7 Å². The Kier molecular flexibility index (Phi) is 3.01. The van der Waals surface area contributed by atoms with E-state index < -0.39 is 5.41 Å². The van der Waals surface area contributed by atoms with E-state index in [9.17, 15) is 9.18 Å². The molecule has 1 aromatic carbocycles. The zero-order valence-corrected chi connectivity index (χ0v) is 11.1. The van der Waals surface area contributed by atoms with Crippen LogP contribution in [-0.2, 0) is 10.2 Å². The third kappa shape index (κ3) is 2.07. The molecule has 1 saturated heterocycles. The summed E-state index contributed by atoms with van der Waals surface area (Å²) < 4.78 is 13.1. The van der Waals surface area contributed by atoms with Crippen LogP contribution in [-0.4, -0.2) is 10.9 Å². The molecule has 2 atom stereocenters. The molecule has 1 N–H and O–H groups in total. The first-order chi connectivity index (χ1) is 9.59.